The quantitative estimate of drug-likeness (QED) is 0.452. The van der Waals surface area contributed by atoms with Gasteiger partial charge in [0.15, 0.2) is 5.65 Å². The summed E-state index contributed by atoms with van der Waals surface area (Å²) < 4.78 is 46.8. The zero-order valence-corrected chi connectivity index (χ0v) is 16.0. The standard InChI is InChI=1S/C19H13ClF3N5O/c1-10-7-16(27-28-17(10)25-26-18(28)20)29-15-8-13(19(21,22)23)5-6-14(15)12-4-3-11(2)24-9-12/h3-9H,1-2H3. The molecular formula is C19H13ClF3N5O. The first kappa shape index (κ1) is 19.1. The monoisotopic (exact) mass is 419 g/mol. The molecule has 148 valence electrons. The van der Waals surface area contributed by atoms with Crippen LogP contribution in [0.25, 0.3) is 16.8 Å². The number of aromatic nitrogens is 5. The van der Waals surface area contributed by atoms with E-state index in [2.05, 4.69) is 20.3 Å². The van der Waals surface area contributed by atoms with Crippen molar-refractivity contribution in [2.24, 2.45) is 0 Å². The predicted octanol–water partition coefficient (Wildman–Crippen LogP) is 5.27. The van der Waals surface area contributed by atoms with Crippen LogP contribution in [-0.4, -0.2) is 24.8 Å². The zero-order valence-electron chi connectivity index (χ0n) is 15.2. The molecule has 0 radical (unpaired) electrons. The second-order valence-corrected chi connectivity index (χ2v) is 6.71. The molecule has 3 heterocycles. The number of hydrogen-bond acceptors (Lipinski definition) is 5. The first-order chi connectivity index (χ1) is 13.7. The van der Waals surface area contributed by atoms with Gasteiger partial charge in [-0.05, 0) is 49.7 Å². The molecular weight excluding hydrogens is 407 g/mol. The number of fused-ring (bicyclic) bond motifs is 1. The fraction of sp³-hybridized carbons (Fsp3) is 0.158. The molecule has 4 aromatic rings. The molecule has 0 atom stereocenters. The normalized spacial score (nSPS) is 11.8. The summed E-state index contributed by atoms with van der Waals surface area (Å²) in [5.74, 6) is 0.0401. The van der Waals surface area contributed by atoms with Crippen LogP contribution in [0, 0.1) is 13.8 Å². The van der Waals surface area contributed by atoms with Gasteiger partial charge < -0.3 is 4.74 Å². The van der Waals surface area contributed by atoms with E-state index in [1.807, 2.05) is 6.92 Å². The fourth-order valence-corrected chi connectivity index (χ4v) is 2.94. The van der Waals surface area contributed by atoms with Gasteiger partial charge in [0.05, 0.1) is 5.56 Å². The van der Waals surface area contributed by atoms with Crippen molar-refractivity contribution < 1.29 is 17.9 Å². The van der Waals surface area contributed by atoms with Crippen LogP contribution in [0.1, 0.15) is 16.8 Å². The Bertz CT molecular complexity index is 1210. The highest BCUT2D eigenvalue weighted by Crippen LogP contribution is 2.38. The summed E-state index contributed by atoms with van der Waals surface area (Å²) in [6, 6.07) is 8.36. The maximum Gasteiger partial charge on any atom is 0.416 e. The van der Waals surface area contributed by atoms with Gasteiger partial charge in [0.25, 0.3) is 0 Å². The molecule has 3 aromatic heterocycles. The summed E-state index contributed by atoms with van der Waals surface area (Å²) in [7, 11) is 0. The molecule has 0 aliphatic rings. The number of alkyl halides is 3. The Morgan fingerprint density at radius 1 is 1.03 bits per heavy atom. The van der Waals surface area contributed by atoms with Gasteiger partial charge in [-0.15, -0.1) is 15.3 Å². The van der Waals surface area contributed by atoms with Gasteiger partial charge in [0.1, 0.15) is 5.75 Å². The van der Waals surface area contributed by atoms with Crippen molar-refractivity contribution in [1.29, 1.82) is 0 Å². The number of nitrogens with zero attached hydrogens (tertiary/aromatic N) is 5. The molecule has 6 nitrogen and oxygen atoms in total. The molecule has 0 saturated heterocycles. The molecule has 0 amide bonds. The van der Waals surface area contributed by atoms with E-state index >= 15 is 0 Å². The average Bonchev–Trinajstić information content (AvgIpc) is 3.03. The van der Waals surface area contributed by atoms with E-state index in [4.69, 9.17) is 16.3 Å². The number of aryl methyl sites for hydroxylation is 2. The third kappa shape index (κ3) is 3.73. The minimum Gasteiger partial charge on any atom is -0.437 e. The molecule has 0 aliphatic carbocycles. The van der Waals surface area contributed by atoms with Gasteiger partial charge in [0.2, 0.25) is 11.2 Å². The van der Waals surface area contributed by atoms with E-state index in [0.29, 0.717) is 22.3 Å². The van der Waals surface area contributed by atoms with E-state index in [0.717, 1.165) is 17.8 Å². The molecule has 10 heteroatoms. The lowest BCUT2D eigenvalue weighted by Crippen LogP contribution is -2.06. The van der Waals surface area contributed by atoms with E-state index in [9.17, 15) is 13.2 Å². The van der Waals surface area contributed by atoms with Crippen LogP contribution in [0.5, 0.6) is 11.6 Å². The van der Waals surface area contributed by atoms with E-state index in [1.165, 1.54) is 10.6 Å². The lowest BCUT2D eigenvalue weighted by Gasteiger charge is -2.14. The van der Waals surface area contributed by atoms with Gasteiger partial charge in [-0.3, -0.25) is 4.98 Å². The van der Waals surface area contributed by atoms with Gasteiger partial charge >= 0.3 is 6.18 Å². The third-order valence-corrected chi connectivity index (χ3v) is 4.48. The smallest absolute Gasteiger partial charge is 0.416 e. The van der Waals surface area contributed by atoms with Crippen LogP contribution in [0.3, 0.4) is 0 Å². The van der Waals surface area contributed by atoms with Gasteiger partial charge in [-0.25, -0.2) is 0 Å². The lowest BCUT2D eigenvalue weighted by atomic mass is 10.0. The number of halogens is 4. The Kier molecular flexibility index (Phi) is 4.62. The van der Waals surface area contributed by atoms with Crippen molar-refractivity contribution in [2.75, 3.05) is 0 Å². The topological polar surface area (TPSA) is 65.2 Å². The summed E-state index contributed by atoms with van der Waals surface area (Å²) in [6.45, 7) is 3.56. The van der Waals surface area contributed by atoms with Crippen LogP contribution >= 0.6 is 11.6 Å². The lowest BCUT2D eigenvalue weighted by molar-refractivity contribution is -0.137. The van der Waals surface area contributed by atoms with Gasteiger partial charge in [-0.1, -0.05) is 6.07 Å². The minimum absolute atomic E-state index is 0.0130. The van der Waals surface area contributed by atoms with Gasteiger partial charge in [-0.2, -0.15) is 17.7 Å². The van der Waals surface area contributed by atoms with Crippen molar-refractivity contribution in [1.82, 2.24) is 24.8 Å². The molecule has 0 N–H and O–H groups in total. The predicted molar refractivity (Wildman–Crippen MR) is 100 cm³/mol. The van der Waals surface area contributed by atoms with Crippen molar-refractivity contribution in [3.8, 4) is 22.8 Å². The molecule has 0 aliphatic heterocycles. The summed E-state index contributed by atoms with van der Waals surface area (Å²) in [4.78, 5) is 4.20. The maximum absolute atomic E-state index is 13.3. The average molecular weight is 420 g/mol. The second kappa shape index (κ2) is 7.00. The van der Waals surface area contributed by atoms with Crippen LogP contribution < -0.4 is 4.74 Å². The molecule has 0 fully saturated rings. The summed E-state index contributed by atoms with van der Waals surface area (Å²) in [6.07, 6.45) is -2.95. The summed E-state index contributed by atoms with van der Waals surface area (Å²) in [5.41, 5.74) is 2.08. The van der Waals surface area contributed by atoms with Crippen molar-refractivity contribution in [2.45, 2.75) is 20.0 Å². The number of ether oxygens (including phenoxy) is 1. The fourth-order valence-electron chi connectivity index (χ4n) is 2.78. The first-order valence-corrected chi connectivity index (χ1v) is 8.81. The van der Waals surface area contributed by atoms with Crippen LogP contribution in [0.4, 0.5) is 13.2 Å². The van der Waals surface area contributed by atoms with Crippen molar-refractivity contribution in [3.05, 3.63) is 64.7 Å². The maximum atomic E-state index is 13.3. The first-order valence-electron chi connectivity index (χ1n) is 8.43. The number of rotatable bonds is 3. The molecule has 0 unspecified atom stereocenters. The highest BCUT2D eigenvalue weighted by Gasteiger charge is 2.31. The molecule has 4 rings (SSSR count). The second-order valence-electron chi connectivity index (χ2n) is 6.37. The Labute approximate surface area is 167 Å². The number of pyridine rings is 1. The third-order valence-electron chi connectivity index (χ3n) is 4.24. The van der Waals surface area contributed by atoms with Crippen LogP contribution in [0.2, 0.25) is 5.28 Å². The Morgan fingerprint density at radius 2 is 1.83 bits per heavy atom. The zero-order chi connectivity index (χ0) is 20.8. The summed E-state index contributed by atoms with van der Waals surface area (Å²) in [5, 5.41) is 11.8. The van der Waals surface area contributed by atoms with E-state index in [-0.39, 0.29) is 16.9 Å². The summed E-state index contributed by atoms with van der Waals surface area (Å²) >= 11 is 5.96. The molecule has 0 saturated carbocycles. The Balaban J connectivity index is 1.84. The number of hydrogen-bond donors (Lipinski definition) is 0. The van der Waals surface area contributed by atoms with Crippen LogP contribution in [-0.2, 0) is 6.18 Å². The van der Waals surface area contributed by atoms with E-state index in [1.54, 1.807) is 31.3 Å². The Hall–Kier alpha value is -3.20. The largest absolute Gasteiger partial charge is 0.437 e. The minimum atomic E-state index is -4.52. The van der Waals surface area contributed by atoms with Crippen LogP contribution in [0.15, 0.2) is 42.6 Å². The molecule has 0 spiro atoms. The highest BCUT2D eigenvalue weighted by atomic mass is 35.5. The molecule has 1 aromatic carbocycles. The SMILES string of the molecule is Cc1ccc(-c2ccc(C(F)(F)F)cc2Oc2cc(C)c3nnc(Cl)n3n2)cn1. The molecule has 29 heavy (non-hydrogen) atoms. The van der Waals surface area contributed by atoms with E-state index < -0.39 is 11.7 Å². The number of benzene rings is 1. The van der Waals surface area contributed by atoms with Crippen molar-refractivity contribution >= 4 is 17.2 Å². The Morgan fingerprint density at radius 3 is 2.52 bits per heavy atom. The highest BCUT2D eigenvalue weighted by molar-refractivity contribution is 6.28. The van der Waals surface area contributed by atoms with Crippen molar-refractivity contribution in [3.63, 3.8) is 0 Å². The molecule has 0 bridgehead atoms. The van der Waals surface area contributed by atoms with Gasteiger partial charge in [0, 0.05) is 34.6 Å².